The van der Waals surface area contributed by atoms with Crippen molar-refractivity contribution < 1.29 is 14.3 Å². The van der Waals surface area contributed by atoms with Crippen LogP contribution in [-0.4, -0.2) is 41.0 Å². The van der Waals surface area contributed by atoms with Crippen LogP contribution in [0.1, 0.15) is 35.8 Å². The van der Waals surface area contributed by atoms with Crippen molar-refractivity contribution >= 4 is 17.8 Å². The van der Waals surface area contributed by atoms with E-state index in [0.717, 1.165) is 12.8 Å². The van der Waals surface area contributed by atoms with E-state index in [-0.39, 0.29) is 11.9 Å². The number of aromatic nitrogens is 2. The monoisotopic (exact) mass is 278 g/mol. The van der Waals surface area contributed by atoms with Gasteiger partial charge in [0, 0.05) is 12.7 Å². The molecule has 0 saturated carbocycles. The summed E-state index contributed by atoms with van der Waals surface area (Å²) in [5, 5.41) is 5.77. The summed E-state index contributed by atoms with van der Waals surface area (Å²) in [7, 11) is 0. The van der Waals surface area contributed by atoms with Crippen molar-refractivity contribution in [3.05, 3.63) is 17.5 Å². The first-order chi connectivity index (χ1) is 9.61. The summed E-state index contributed by atoms with van der Waals surface area (Å²) >= 11 is 0. The van der Waals surface area contributed by atoms with Crippen LogP contribution in [0.5, 0.6) is 0 Å². The average Bonchev–Trinajstić information content (AvgIpc) is 2.42. The summed E-state index contributed by atoms with van der Waals surface area (Å²) in [5.74, 6) is -0.142. The van der Waals surface area contributed by atoms with E-state index in [0.29, 0.717) is 30.4 Å². The predicted octanol–water partition coefficient (Wildman–Crippen LogP) is 0.652. The van der Waals surface area contributed by atoms with Gasteiger partial charge in [-0.2, -0.15) is 0 Å². The van der Waals surface area contributed by atoms with Crippen molar-refractivity contribution in [2.75, 3.05) is 18.5 Å². The molecule has 1 fully saturated rings. The Kier molecular flexibility index (Phi) is 4.49. The van der Waals surface area contributed by atoms with Crippen molar-refractivity contribution in [3.63, 3.8) is 0 Å². The van der Waals surface area contributed by atoms with E-state index in [1.54, 1.807) is 13.8 Å². The Balaban J connectivity index is 2.08. The zero-order chi connectivity index (χ0) is 14.5. The molecule has 2 N–H and O–H groups in total. The first-order valence-corrected chi connectivity index (χ1v) is 6.67. The third-order valence-electron chi connectivity index (χ3n) is 3.06. The molecule has 1 aromatic heterocycles. The van der Waals surface area contributed by atoms with Gasteiger partial charge in [0.05, 0.1) is 17.9 Å². The molecule has 1 saturated heterocycles. The number of ether oxygens (including phenoxy) is 1. The van der Waals surface area contributed by atoms with Gasteiger partial charge in [-0.15, -0.1) is 0 Å². The first kappa shape index (κ1) is 14.2. The largest absolute Gasteiger partial charge is 0.462 e. The number of aryl methyl sites for hydroxylation is 1. The number of hydrogen-bond donors (Lipinski definition) is 2. The minimum atomic E-state index is -0.438. The molecule has 7 nitrogen and oxygen atoms in total. The number of nitrogens with one attached hydrogen (secondary N) is 2. The maximum atomic E-state index is 11.6. The Morgan fingerprint density at radius 2 is 2.40 bits per heavy atom. The number of esters is 1. The van der Waals surface area contributed by atoms with Crippen LogP contribution in [0.15, 0.2) is 6.20 Å². The van der Waals surface area contributed by atoms with Crippen molar-refractivity contribution in [3.8, 4) is 0 Å². The molecule has 0 bridgehead atoms. The summed E-state index contributed by atoms with van der Waals surface area (Å²) in [5.41, 5.74) is 0.864. The second-order valence-corrected chi connectivity index (χ2v) is 4.54. The van der Waals surface area contributed by atoms with Crippen LogP contribution in [-0.2, 0) is 9.53 Å². The Bertz CT molecular complexity index is 518. The van der Waals surface area contributed by atoms with E-state index in [9.17, 15) is 9.59 Å². The summed E-state index contributed by atoms with van der Waals surface area (Å²) in [6.45, 7) is 4.46. The number of carbonyl (C=O) groups is 2. The minimum absolute atomic E-state index is 0.0491. The van der Waals surface area contributed by atoms with Gasteiger partial charge in [-0.3, -0.25) is 4.79 Å². The lowest BCUT2D eigenvalue weighted by atomic mass is 10.1. The van der Waals surface area contributed by atoms with Crippen molar-refractivity contribution in [1.29, 1.82) is 0 Å². The van der Waals surface area contributed by atoms with Crippen LogP contribution in [0, 0.1) is 6.92 Å². The number of anilines is 1. The molecule has 108 valence electrons. The van der Waals surface area contributed by atoms with E-state index in [1.165, 1.54) is 6.20 Å². The number of amides is 1. The zero-order valence-corrected chi connectivity index (χ0v) is 11.6. The average molecular weight is 278 g/mol. The van der Waals surface area contributed by atoms with E-state index in [4.69, 9.17) is 4.74 Å². The van der Waals surface area contributed by atoms with Crippen molar-refractivity contribution in [1.82, 2.24) is 15.3 Å². The molecule has 1 amide bonds. The van der Waals surface area contributed by atoms with Gasteiger partial charge in [0.2, 0.25) is 11.9 Å². The number of carbonyl (C=O) groups excluding carboxylic acids is 2. The van der Waals surface area contributed by atoms with Gasteiger partial charge < -0.3 is 15.4 Å². The molecule has 1 atom stereocenters. The lowest BCUT2D eigenvalue weighted by Gasteiger charge is -2.22. The molecule has 0 spiro atoms. The highest BCUT2D eigenvalue weighted by atomic mass is 16.5. The van der Waals surface area contributed by atoms with Gasteiger partial charge in [0.15, 0.2) is 0 Å². The molecule has 1 aliphatic rings. The lowest BCUT2D eigenvalue weighted by Crippen LogP contribution is -2.44. The molecular weight excluding hydrogens is 260 g/mol. The summed E-state index contributed by atoms with van der Waals surface area (Å²) in [6, 6.07) is -0.323. The SMILES string of the molecule is CCOC(=O)c1cnc(NC2CCCNC2=O)nc1C. The molecule has 1 aliphatic heterocycles. The summed E-state index contributed by atoms with van der Waals surface area (Å²) in [6.07, 6.45) is 3.08. The van der Waals surface area contributed by atoms with E-state index in [1.807, 2.05) is 0 Å². The molecule has 1 aromatic rings. The van der Waals surface area contributed by atoms with Crippen LogP contribution in [0.2, 0.25) is 0 Å². The van der Waals surface area contributed by atoms with Crippen LogP contribution in [0.25, 0.3) is 0 Å². The number of nitrogens with zero attached hydrogens (tertiary/aromatic N) is 2. The molecule has 20 heavy (non-hydrogen) atoms. The summed E-state index contributed by atoms with van der Waals surface area (Å²) < 4.78 is 4.91. The summed E-state index contributed by atoms with van der Waals surface area (Å²) in [4.78, 5) is 31.5. The molecule has 0 aliphatic carbocycles. The third-order valence-corrected chi connectivity index (χ3v) is 3.06. The van der Waals surface area contributed by atoms with Gasteiger partial charge >= 0.3 is 5.97 Å². The van der Waals surface area contributed by atoms with Gasteiger partial charge in [0.1, 0.15) is 6.04 Å². The van der Waals surface area contributed by atoms with Crippen LogP contribution >= 0.6 is 0 Å². The molecule has 0 aromatic carbocycles. The van der Waals surface area contributed by atoms with E-state index < -0.39 is 5.97 Å². The van der Waals surface area contributed by atoms with Gasteiger partial charge in [-0.1, -0.05) is 0 Å². The predicted molar refractivity (Wildman–Crippen MR) is 72.4 cm³/mol. The lowest BCUT2D eigenvalue weighted by molar-refractivity contribution is -0.123. The maximum Gasteiger partial charge on any atom is 0.341 e. The molecule has 0 radical (unpaired) electrons. The zero-order valence-electron chi connectivity index (χ0n) is 11.6. The molecule has 2 heterocycles. The van der Waals surface area contributed by atoms with Gasteiger partial charge in [-0.05, 0) is 26.7 Å². The van der Waals surface area contributed by atoms with Crippen molar-refractivity contribution in [2.24, 2.45) is 0 Å². The highest BCUT2D eigenvalue weighted by molar-refractivity contribution is 5.90. The van der Waals surface area contributed by atoms with Crippen LogP contribution in [0.3, 0.4) is 0 Å². The Hall–Kier alpha value is -2.18. The fourth-order valence-electron chi connectivity index (χ4n) is 2.01. The standard InChI is InChI=1S/C13H18N4O3/c1-3-20-12(19)9-7-15-13(16-8(9)2)17-10-5-4-6-14-11(10)18/h7,10H,3-6H2,1-2H3,(H,14,18)(H,15,16,17). The molecule has 7 heteroatoms. The molecule has 2 rings (SSSR count). The highest BCUT2D eigenvalue weighted by Gasteiger charge is 2.23. The van der Waals surface area contributed by atoms with Gasteiger partial charge in [0.25, 0.3) is 0 Å². The topological polar surface area (TPSA) is 93.2 Å². The molecule has 1 unspecified atom stereocenters. The number of piperidine rings is 1. The molecular formula is C13H18N4O3. The minimum Gasteiger partial charge on any atom is -0.462 e. The quantitative estimate of drug-likeness (QED) is 0.786. The second-order valence-electron chi connectivity index (χ2n) is 4.54. The Morgan fingerprint density at radius 1 is 1.60 bits per heavy atom. The Morgan fingerprint density at radius 3 is 3.05 bits per heavy atom. The number of hydrogen-bond acceptors (Lipinski definition) is 6. The van der Waals surface area contributed by atoms with Gasteiger partial charge in [-0.25, -0.2) is 14.8 Å². The fourth-order valence-corrected chi connectivity index (χ4v) is 2.01. The van der Waals surface area contributed by atoms with Crippen LogP contribution in [0.4, 0.5) is 5.95 Å². The smallest absolute Gasteiger partial charge is 0.341 e. The third kappa shape index (κ3) is 3.23. The first-order valence-electron chi connectivity index (χ1n) is 6.67. The van der Waals surface area contributed by atoms with E-state index in [2.05, 4.69) is 20.6 Å². The Labute approximate surface area is 117 Å². The van der Waals surface area contributed by atoms with Crippen LogP contribution < -0.4 is 10.6 Å². The second kappa shape index (κ2) is 6.31. The van der Waals surface area contributed by atoms with E-state index >= 15 is 0 Å². The fraction of sp³-hybridized carbons (Fsp3) is 0.538. The highest BCUT2D eigenvalue weighted by Crippen LogP contribution is 2.12. The van der Waals surface area contributed by atoms with Crippen molar-refractivity contribution in [2.45, 2.75) is 32.7 Å². The normalized spacial score (nSPS) is 18.3. The maximum absolute atomic E-state index is 11.6. The number of rotatable bonds is 4.